The van der Waals surface area contributed by atoms with Crippen LogP contribution in [0, 0.1) is 6.92 Å². The molecule has 6 nitrogen and oxygen atoms in total. The summed E-state index contributed by atoms with van der Waals surface area (Å²) in [4.78, 5) is 14.0. The third kappa shape index (κ3) is 3.34. The molecule has 140 valence electrons. The molecule has 1 saturated heterocycles. The predicted octanol–water partition coefficient (Wildman–Crippen LogP) is 3.45. The Kier molecular flexibility index (Phi) is 4.25. The van der Waals surface area contributed by atoms with Crippen LogP contribution in [0.25, 0.3) is 0 Å². The van der Waals surface area contributed by atoms with E-state index in [1.807, 2.05) is 30.3 Å². The lowest BCUT2D eigenvalue weighted by molar-refractivity contribution is 0.0117. The molecule has 1 aliphatic rings. The predicted molar refractivity (Wildman–Crippen MR) is 92.4 cm³/mol. The third-order valence-corrected chi connectivity index (χ3v) is 4.76. The summed E-state index contributed by atoms with van der Waals surface area (Å²) in [6, 6.07) is 10.2. The van der Waals surface area contributed by atoms with Crippen LogP contribution in [0.4, 0.5) is 8.78 Å². The number of amides is 1. The van der Waals surface area contributed by atoms with Crippen LogP contribution in [0.2, 0.25) is 0 Å². The van der Waals surface area contributed by atoms with Gasteiger partial charge in [0.15, 0.2) is 5.82 Å². The van der Waals surface area contributed by atoms with Crippen molar-refractivity contribution >= 4 is 5.91 Å². The molecule has 8 heteroatoms. The number of nitrogens with zero attached hydrogens (tertiary/aromatic N) is 4. The molecule has 1 aliphatic heterocycles. The molecule has 2 aromatic heterocycles. The van der Waals surface area contributed by atoms with Gasteiger partial charge in [-0.1, -0.05) is 30.3 Å². The van der Waals surface area contributed by atoms with E-state index in [1.54, 1.807) is 11.5 Å². The molecule has 1 aromatic carbocycles. The number of likely N-dealkylation sites (tertiary alicyclic amines) is 1. The Hall–Kier alpha value is -3.03. The van der Waals surface area contributed by atoms with Crippen LogP contribution in [0.5, 0.6) is 0 Å². The van der Waals surface area contributed by atoms with Crippen LogP contribution >= 0.6 is 0 Å². The Morgan fingerprint density at radius 1 is 1.30 bits per heavy atom. The lowest BCUT2D eigenvalue weighted by Gasteiger charge is -2.23. The number of rotatable bonds is 4. The van der Waals surface area contributed by atoms with Crippen molar-refractivity contribution in [3.63, 3.8) is 0 Å². The fourth-order valence-corrected chi connectivity index (χ4v) is 3.45. The van der Waals surface area contributed by atoms with Gasteiger partial charge in [-0.15, -0.1) is 10.2 Å². The van der Waals surface area contributed by atoms with Crippen LogP contribution in [0.1, 0.15) is 40.0 Å². The number of hydrogen-bond acceptors (Lipinski definition) is 4. The summed E-state index contributed by atoms with van der Waals surface area (Å²) < 4.78 is 35.3. The normalized spacial score (nSPS) is 18.8. The van der Waals surface area contributed by atoms with Gasteiger partial charge in [-0.2, -0.15) is 0 Å². The first-order valence-corrected chi connectivity index (χ1v) is 8.59. The van der Waals surface area contributed by atoms with Gasteiger partial charge in [0, 0.05) is 6.42 Å². The van der Waals surface area contributed by atoms with Gasteiger partial charge in [-0.05, 0) is 18.6 Å². The molecule has 0 N–H and O–H groups in total. The van der Waals surface area contributed by atoms with Gasteiger partial charge >= 0.3 is 0 Å². The van der Waals surface area contributed by atoms with Gasteiger partial charge in [0.25, 0.3) is 11.8 Å². The van der Waals surface area contributed by atoms with E-state index in [0.717, 1.165) is 5.56 Å². The Bertz CT molecular complexity index is 952. The van der Waals surface area contributed by atoms with E-state index < -0.39 is 30.8 Å². The molecule has 3 heterocycles. The summed E-state index contributed by atoms with van der Waals surface area (Å²) in [6.45, 7) is 1.42. The molecule has 3 aromatic rings. The monoisotopic (exact) mass is 372 g/mol. The largest absolute Gasteiger partial charge is 0.469 e. The highest BCUT2D eigenvalue weighted by atomic mass is 19.3. The highest BCUT2D eigenvalue weighted by molar-refractivity contribution is 5.95. The zero-order valence-corrected chi connectivity index (χ0v) is 14.7. The summed E-state index contributed by atoms with van der Waals surface area (Å²) >= 11 is 0. The van der Waals surface area contributed by atoms with Crippen LogP contribution in [-0.4, -0.2) is 38.0 Å². The smallest absolute Gasteiger partial charge is 0.267 e. The quantitative estimate of drug-likeness (QED) is 0.704. The van der Waals surface area contributed by atoms with Crippen molar-refractivity contribution in [2.24, 2.45) is 0 Å². The third-order valence-electron chi connectivity index (χ3n) is 4.76. The second kappa shape index (κ2) is 6.61. The molecule has 4 rings (SSSR count). The Balaban J connectivity index is 1.66. The van der Waals surface area contributed by atoms with E-state index in [4.69, 9.17) is 4.42 Å². The van der Waals surface area contributed by atoms with Crippen molar-refractivity contribution in [1.29, 1.82) is 0 Å². The summed E-state index contributed by atoms with van der Waals surface area (Å²) in [7, 11) is 0. The molecule has 1 atom stereocenters. The summed E-state index contributed by atoms with van der Waals surface area (Å²) in [5.41, 5.74) is 1.28. The van der Waals surface area contributed by atoms with Gasteiger partial charge in [-0.25, -0.2) is 8.78 Å². The van der Waals surface area contributed by atoms with Gasteiger partial charge in [0.1, 0.15) is 12.1 Å². The highest BCUT2D eigenvalue weighted by Gasteiger charge is 2.49. The Morgan fingerprint density at radius 3 is 2.78 bits per heavy atom. The van der Waals surface area contributed by atoms with E-state index in [0.29, 0.717) is 18.1 Å². The van der Waals surface area contributed by atoms with Crippen LogP contribution in [-0.2, 0) is 6.54 Å². The zero-order chi connectivity index (χ0) is 19.0. The maximum atomic E-state index is 14.2. The topological polar surface area (TPSA) is 64.2 Å². The molecule has 27 heavy (non-hydrogen) atoms. The van der Waals surface area contributed by atoms with Crippen LogP contribution in [0.15, 0.2) is 53.4 Å². The van der Waals surface area contributed by atoms with E-state index in [1.165, 1.54) is 23.6 Å². The molecule has 0 spiro atoms. The standard InChI is InChI=1S/C19H18F2N4O2/c1-13-15(7-8-27-13)18(26)25-11-19(20,21)9-16(25)17-23-22-12-24(17)10-14-5-3-2-4-6-14/h2-8,12,16H,9-11H2,1H3/t16-/m0/s1. The maximum absolute atomic E-state index is 14.2. The number of aromatic nitrogens is 3. The summed E-state index contributed by atoms with van der Waals surface area (Å²) in [5.74, 6) is -2.72. The van der Waals surface area contributed by atoms with E-state index in [-0.39, 0.29) is 5.56 Å². The number of benzene rings is 1. The van der Waals surface area contributed by atoms with E-state index in [2.05, 4.69) is 10.2 Å². The first-order valence-electron chi connectivity index (χ1n) is 8.59. The Labute approximate surface area is 154 Å². The van der Waals surface area contributed by atoms with Crippen LogP contribution in [0.3, 0.4) is 0 Å². The lowest BCUT2D eigenvalue weighted by atomic mass is 10.1. The Morgan fingerprint density at radius 2 is 2.07 bits per heavy atom. The van der Waals surface area contributed by atoms with Gasteiger partial charge in [-0.3, -0.25) is 4.79 Å². The van der Waals surface area contributed by atoms with Gasteiger partial charge in [0.05, 0.1) is 31.0 Å². The lowest BCUT2D eigenvalue weighted by Crippen LogP contribution is -2.34. The average molecular weight is 372 g/mol. The first-order chi connectivity index (χ1) is 12.9. The second-order valence-corrected chi connectivity index (χ2v) is 6.70. The number of aryl methyl sites for hydroxylation is 1. The summed E-state index contributed by atoms with van der Waals surface area (Å²) in [6.07, 6.45) is 2.40. The molecule has 0 radical (unpaired) electrons. The number of alkyl halides is 2. The maximum Gasteiger partial charge on any atom is 0.267 e. The average Bonchev–Trinajstić information content (AvgIpc) is 3.34. The first kappa shape index (κ1) is 17.4. The van der Waals surface area contributed by atoms with Crippen molar-refractivity contribution in [1.82, 2.24) is 19.7 Å². The number of carbonyl (C=O) groups is 1. The SMILES string of the molecule is Cc1occc1C(=O)N1CC(F)(F)C[C@H]1c1nncn1Cc1ccccc1. The number of carbonyl (C=O) groups excluding carboxylic acids is 1. The minimum absolute atomic E-state index is 0.284. The van der Waals surface area contributed by atoms with Crippen molar-refractivity contribution in [3.8, 4) is 0 Å². The molecule has 0 saturated carbocycles. The van der Waals surface area contributed by atoms with Crippen molar-refractivity contribution in [2.75, 3.05) is 6.54 Å². The minimum Gasteiger partial charge on any atom is -0.469 e. The second-order valence-electron chi connectivity index (χ2n) is 6.70. The van der Waals surface area contributed by atoms with Crippen molar-refractivity contribution < 1.29 is 18.0 Å². The van der Waals surface area contributed by atoms with Crippen molar-refractivity contribution in [3.05, 3.63) is 71.7 Å². The number of furan rings is 1. The van der Waals surface area contributed by atoms with Gasteiger partial charge < -0.3 is 13.9 Å². The molecule has 1 fully saturated rings. The minimum atomic E-state index is -2.98. The fraction of sp³-hybridized carbons (Fsp3) is 0.316. The molecule has 0 aliphatic carbocycles. The molecule has 0 bridgehead atoms. The molecule has 0 unspecified atom stereocenters. The number of hydrogen-bond donors (Lipinski definition) is 0. The van der Waals surface area contributed by atoms with Crippen molar-refractivity contribution in [2.45, 2.75) is 31.9 Å². The molecular formula is C19H18F2N4O2. The number of halogens is 2. The van der Waals surface area contributed by atoms with E-state index in [9.17, 15) is 13.6 Å². The summed E-state index contributed by atoms with van der Waals surface area (Å²) in [5, 5.41) is 7.95. The highest BCUT2D eigenvalue weighted by Crippen LogP contribution is 2.41. The van der Waals surface area contributed by atoms with E-state index >= 15 is 0 Å². The molecule has 1 amide bonds. The van der Waals surface area contributed by atoms with Gasteiger partial charge in [0.2, 0.25) is 0 Å². The molecular weight excluding hydrogens is 354 g/mol. The van der Waals surface area contributed by atoms with Crippen LogP contribution < -0.4 is 0 Å². The zero-order valence-electron chi connectivity index (χ0n) is 14.7. The fourth-order valence-electron chi connectivity index (χ4n) is 3.45.